The van der Waals surface area contributed by atoms with Crippen molar-refractivity contribution in [2.45, 2.75) is 44.3 Å². The SMILES string of the molecule is CNC1CCC(N(C)Cc2cn(C)c3ccccc23)CC1. The number of para-hydroxylation sites is 1. The molecule has 1 aliphatic carbocycles. The van der Waals surface area contributed by atoms with Crippen molar-refractivity contribution in [3.05, 3.63) is 36.0 Å². The topological polar surface area (TPSA) is 20.2 Å². The fourth-order valence-corrected chi connectivity index (χ4v) is 3.75. The van der Waals surface area contributed by atoms with E-state index in [1.807, 2.05) is 0 Å². The minimum absolute atomic E-state index is 0.729. The van der Waals surface area contributed by atoms with Gasteiger partial charge in [-0.2, -0.15) is 0 Å². The molecule has 21 heavy (non-hydrogen) atoms. The van der Waals surface area contributed by atoms with Gasteiger partial charge in [0.1, 0.15) is 0 Å². The van der Waals surface area contributed by atoms with E-state index in [0.29, 0.717) is 0 Å². The zero-order chi connectivity index (χ0) is 14.8. The smallest absolute Gasteiger partial charge is 0.0481 e. The number of rotatable bonds is 4. The van der Waals surface area contributed by atoms with Crippen molar-refractivity contribution in [2.75, 3.05) is 14.1 Å². The highest BCUT2D eigenvalue weighted by atomic mass is 15.1. The number of benzene rings is 1. The molecule has 0 bridgehead atoms. The van der Waals surface area contributed by atoms with Gasteiger partial charge in [-0.3, -0.25) is 4.90 Å². The van der Waals surface area contributed by atoms with E-state index in [1.165, 1.54) is 42.1 Å². The van der Waals surface area contributed by atoms with Crippen molar-refractivity contribution >= 4 is 10.9 Å². The second-order valence-corrected chi connectivity index (χ2v) is 6.49. The molecule has 0 radical (unpaired) electrons. The molecule has 0 aliphatic heterocycles. The normalized spacial score (nSPS) is 23.0. The van der Waals surface area contributed by atoms with Gasteiger partial charge in [0.15, 0.2) is 0 Å². The van der Waals surface area contributed by atoms with Gasteiger partial charge < -0.3 is 9.88 Å². The molecule has 1 saturated carbocycles. The van der Waals surface area contributed by atoms with Crippen LogP contribution in [0.4, 0.5) is 0 Å². The lowest BCUT2D eigenvalue weighted by Gasteiger charge is -2.34. The highest BCUT2D eigenvalue weighted by Crippen LogP contribution is 2.26. The van der Waals surface area contributed by atoms with Crippen molar-refractivity contribution in [3.8, 4) is 0 Å². The third-order valence-corrected chi connectivity index (χ3v) is 5.13. The Morgan fingerprint density at radius 1 is 1.19 bits per heavy atom. The van der Waals surface area contributed by atoms with Gasteiger partial charge in [-0.25, -0.2) is 0 Å². The lowest BCUT2D eigenvalue weighted by atomic mass is 9.90. The largest absolute Gasteiger partial charge is 0.350 e. The summed E-state index contributed by atoms with van der Waals surface area (Å²) in [6, 6.07) is 10.2. The molecule has 0 amide bonds. The summed E-state index contributed by atoms with van der Waals surface area (Å²) in [4.78, 5) is 2.55. The number of hydrogen-bond donors (Lipinski definition) is 1. The zero-order valence-corrected chi connectivity index (χ0v) is 13.5. The number of nitrogens with one attached hydrogen (secondary N) is 1. The molecule has 1 aromatic heterocycles. The number of fused-ring (bicyclic) bond motifs is 1. The summed E-state index contributed by atoms with van der Waals surface area (Å²) in [5.41, 5.74) is 2.78. The molecule has 1 aromatic carbocycles. The van der Waals surface area contributed by atoms with Crippen molar-refractivity contribution in [1.82, 2.24) is 14.8 Å². The van der Waals surface area contributed by atoms with Crippen molar-refractivity contribution < 1.29 is 0 Å². The standard InChI is InChI=1S/C18H27N3/c1-19-15-8-10-16(11-9-15)20(2)12-14-13-21(3)18-7-5-4-6-17(14)18/h4-7,13,15-16,19H,8-12H2,1-3H3. The lowest BCUT2D eigenvalue weighted by molar-refractivity contribution is 0.170. The van der Waals surface area contributed by atoms with E-state index >= 15 is 0 Å². The third-order valence-electron chi connectivity index (χ3n) is 5.13. The van der Waals surface area contributed by atoms with E-state index in [9.17, 15) is 0 Å². The zero-order valence-electron chi connectivity index (χ0n) is 13.5. The summed E-state index contributed by atoms with van der Waals surface area (Å²) < 4.78 is 2.25. The van der Waals surface area contributed by atoms with Crippen LogP contribution in [0.2, 0.25) is 0 Å². The van der Waals surface area contributed by atoms with Crippen LogP contribution in [0.5, 0.6) is 0 Å². The van der Waals surface area contributed by atoms with Gasteiger partial charge in [-0.1, -0.05) is 18.2 Å². The third kappa shape index (κ3) is 2.99. The molecule has 1 heterocycles. The average Bonchev–Trinajstić information content (AvgIpc) is 2.84. The fraction of sp³-hybridized carbons (Fsp3) is 0.556. The van der Waals surface area contributed by atoms with Gasteiger partial charge >= 0.3 is 0 Å². The molecule has 3 heteroatoms. The Labute approximate surface area is 127 Å². The second kappa shape index (κ2) is 6.20. The van der Waals surface area contributed by atoms with Crippen LogP contribution >= 0.6 is 0 Å². The Kier molecular flexibility index (Phi) is 4.32. The van der Waals surface area contributed by atoms with Crippen LogP contribution in [0.25, 0.3) is 10.9 Å². The second-order valence-electron chi connectivity index (χ2n) is 6.49. The molecule has 1 N–H and O–H groups in total. The Bertz CT molecular complexity index is 594. The summed E-state index contributed by atoms with van der Waals surface area (Å²) in [6.07, 6.45) is 7.53. The van der Waals surface area contributed by atoms with E-state index in [0.717, 1.165) is 18.6 Å². The van der Waals surface area contributed by atoms with Crippen LogP contribution in [-0.2, 0) is 13.6 Å². The Morgan fingerprint density at radius 2 is 1.90 bits per heavy atom. The van der Waals surface area contributed by atoms with Gasteiger partial charge in [-0.15, -0.1) is 0 Å². The summed E-state index contributed by atoms with van der Waals surface area (Å²) >= 11 is 0. The molecular formula is C18H27N3. The highest BCUT2D eigenvalue weighted by molar-refractivity contribution is 5.83. The fourth-order valence-electron chi connectivity index (χ4n) is 3.75. The molecular weight excluding hydrogens is 258 g/mol. The predicted molar refractivity (Wildman–Crippen MR) is 89.5 cm³/mol. The molecule has 114 valence electrons. The number of nitrogens with zero attached hydrogens (tertiary/aromatic N) is 2. The Balaban J connectivity index is 1.70. The van der Waals surface area contributed by atoms with Crippen LogP contribution in [0.15, 0.2) is 30.5 Å². The molecule has 0 saturated heterocycles. The van der Waals surface area contributed by atoms with E-state index in [2.05, 4.69) is 66.4 Å². The molecule has 0 atom stereocenters. The summed E-state index contributed by atoms with van der Waals surface area (Å²) in [7, 11) is 6.51. The van der Waals surface area contributed by atoms with Gasteiger partial charge in [0.25, 0.3) is 0 Å². The van der Waals surface area contributed by atoms with E-state index in [4.69, 9.17) is 0 Å². The molecule has 0 spiro atoms. The van der Waals surface area contributed by atoms with Gasteiger partial charge in [0, 0.05) is 42.8 Å². The maximum absolute atomic E-state index is 3.42. The van der Waals surface area contributed by atoms with E-state index in [1.54, 1.807) is 0 Å². The molecule has 0 unspecified atom stereocenters. The Hall–Kier alpha value is -1.32. The predicted octanol–water partition coefficient (Wildman–Crippen LogP) is 3.14. The Morgan fingerprint density at radius 3 is 2.62 bits per heavy atom. The molecule has 1 aliphatic rings. The van der Waals surface area contributed by atoms with Crippen LogP contribution in [0.1, 0.15) is 31.2 Å². The number of aromatic nitrogens is 1. The minimum atomic E-state index is 0.729. The monoisotopic (exact) mass is 285 g/mol. The number of aryl methyl sites for hydroxylation is 1. The average molecular weight is 285 g/mol. The van der Waals surface area contributed by atoms with Crippen LogP contribution in [0.3, 0.4) is 0 Å². The van der Waals surface area contributed by atoms with Gasteiger partial charge in [0.05, 0.1) is 0 Å². The first-order valence-corrected chi connectivity index (χ1v) is 8.09. The highest BCUT2D eigenvalue weighted by Gasteiger charge is 2.23. The van der Waals surface area contributed by atoms with Gasteiger partial charge in [-0.05, 0) is 51.4 Å². The first-order chi connectivity index (χ1) is 10.2. The number of hydrogen-bond acceptors (Lipinski definition) is 2. The van der Waals surface area contributed by atoms with Crippen LogP contribution < -0.4 is 5.32 Å². The van der Waals surface area contributed by atoms with Crippen molar-refractivity contribution in [1.29, 1.82) is 0 Å². The summed E-state index contributed by atoms with van der Waals surface area (Å²) in [6.45, 7) is 1.05. The van der Waals surface area contributed by atoms with Crippen LogP contribution in [-0.4, -0.2) is 35.6 Å². The minimum Gasteiger partial charge on any atom is -0.350 e. The molecule has 2 aromatic rings. The van der Waals surface area contributed by atoms with E-state index < -0.39 is 0 Å². The quantitative estimate of drug-likeness (QED) is 0.931. The molecule has 3 nitrogen and oxygen atoms in total. The van der Waals surface area contributed by atoms with Gasteiger partial charge in [0.2, 0.25) is 0 Å². The molecule has 1 fully saturated rings. The summed E-state index contributed by atoms with van der Waals surface area (Å²) in [5, 5.41) is 4.82. The maximum Gasteiger partial charge on any atom is 0.0481 e. The first kappa shape index (κ1) is 14.6. The maximum atomic E-state index is 3.42. The summed E-state index contributed by atoms with van der Waals surface area (Å²) in [5.74, 6) is 0. The van der Waals surface area contributed by atoms with Crippen molar-refractivity contribution in [3.63, 3.8) is 0 Å². The first-order valence-electron chi connectivity index (χ1n) is 8.09. The van der Waals surface area contributed by atoms with Crippen LogP contribution in [0, 0.1) is 0 Å². The van der Waals surface area contributed by atoms with E-state index in [-0.39, 0.29) is 0 Å². The lowest BCUT2D eigenvalue weighted by Crippen LogP contribution is -2.39. The molecule has 3 rings (SSSR count). The van der Waals surface area contributed by atoms with Crippen molar-refractivity contribution in [2.24, 2.45) is 7.05 Å².